The number of carbonyl (C=O) groups excluding carboxylic acids is 3. The SMILES string of the molecule is COc1ccc([Si](C)(C)[C@H]2[C@H](CC(=O)N3CCC[C@H]3CO)O[C@@]3(C(=O)N(Cc4ccc(N5CN(c6ccccc6)C6(CCNCC6)C5=O)cc4)c4ccccc43)[C@@H]2C)cc1. The second kappa shape index (κ2) is 15.8. The third-order valence-electron chi connectivity index (χ3n) is 14.6. The topological polar surface area (TPSA) is 115 Å². The molecular formula is C48H57N5O6Si. The number of piperidine rings is 1. The molecule has 12 heteroatoms. The number of aliphatic hydroxyl groups excluding tert-OH is 1. The second-order valence-electron chi connectivity index (χ2n) is 17.9. The van der Waals surface area contributed by atoms with Crippen LogP contribution in [0.4, 0.5) is 17.1 Å². The summed E-state index contributed by atoms with van der Waals surface area (Å²) >= 11 is 0. The number of nitrogens with one attached hydrogen (secondary N) is 1. The van der Waals surface area contributed by atoms with Crippen molar-refractivity contribution in [2.45, 2.75) is 87.5 Å². The normalized spacial score (nSPS) is 26.1. The van der Waals surface area contributed by atoms with E-state index in [4.69, 9.17) is 9.47 Å². The molecule has 2 spiro atoms. The average Bonchev–Trinajstić information content (AvgIpc) is 4.01. The zero-order chi connectivity index (χ0) is 41.8. The van der Waals surface area contributed by atoms with Crippen LogP contribution in [0.3, 0.4) is 0 Å². The third-order valence-corrected chi connectivity index (χ3v) is 18.9. The number of benzene rings is 4. The Bertz CT molecular complexity index is 2230. The van der Waals surface area contributed by atoms with Crippen LogP contribution in [0.25, 0.3) is 0 Å². The van der Waals surface area contributed by atoms with Crippen LogP contribution in [-0.4, -0.2) is 93.5 Å². The Morgan fingerprint density at radius 3 is 2.30 bits per heavy atom. The van der Waals surface area contributed by atoms with Crippen molar-refractivity contribution in [1.29, 1.82) is 0 Å². The van der Waals surface area contributed by atoms with Crippen molar-refractivity contribution in [3.63, 3.8) is 0 Å². The first kappa shape index (κ1) is 40.4. The van der Waals surface area contributed by atoms with E-state index >= 15 is 4.79 Å². The van der Waals surface area contributed by atoms with Gasteiger partial charge in [0.15, 0.2) is 5.60 Å². The Kier molecular flexibility index (Phi) is 10.6. The molecule has 0 aliphatic carbocycles. The number of ether oxygens (including phenoxy) is 2. The van der Waals surface area contributed by atoms with Crippen molar-refractivity contribution in [1.82, 2.24) is 10.2 Å². The summed E-state index contributed by atoms with van der Waals surface area (Å²) < 4.78 is 12.7. The van der Waals surface area contributed by atoms with Crippen LogP contribution < -0.4 is 29.9 Å². The van der Waals surface area contributed by atoms with E-state index in [2.05, 4.69) is 54.5 Å². The molecule has 4 aromatic carbocycles. The first-order valence-corrected chi connectivity index (χ1v) is 24.7. The average molecular weight is 828 g/mol. The van der Waals surface area contributed by atoms with E-state index in [0.717, 1.165) is 72.7 Å². The molecule has 0 bridgehead atoms. The van der Waals surface area contributed by atoms with Gasteiger partial charge in [-0.25, -0.2) is 0 Å². The molecule has 5 heterocycles. The van der Waals surface area contributed by atoms with E-state index in [9.17, 15) is 14.7 Å². The molecule has 4 fully saturated rings. The zero-order valence-electron chi connectivity index (χ0n) is 35.2. The lowest BCUT2D eigenvalue weighted by atomic mass is 9.82. The number of para-hydroxylation sites is 2. The van der Waals surface area contributed by atoms with E-state index in [1.165, 1.54) is 5.19 Å². The molecule has 4 saturated heterocycles. The molecule has 314 valence electrons. The molecule has 2 N–H and O–H groups in total. The Morgan fingerprint density at radius 2 is 1.60 bits per heavy atom. The van der Waals surface area contributed by atoms with Crippen LogP contribution in [0.1, 0.15) is 50.2 Å². The molecule has 0 saturated carbocycles. The van der Waals surface area contributed by atoms with Crippen LogP contribution in [-0.2, 0) is 31.3 Å². The van der Waals surface area contributed by atoms with Crippen molar-refractivity contribution in [2.75, 3.05) is 54.7 Å². The van der Waals surface area contributed by atoms with Crippen molar-refractivity contribution < 1.29 is 29.0 Å². The Hall–Kier alpha value is -5.01. The van der Waals surface area contributed by atoms with Crippen LogP contribution in [0.5, 0.6) is 5.75 Å². The zero-order valence-corrected chi connectivity index (χ0v) is 36.2. The number of hydrogen-bond acceptors (Lipinski definition) is 8. The van der Waals surface area contributed by atoms with E-state index in [1.54, 1.807) is 7.11 Å². The largest absolute Gasteiger partial charge is 0.497 e. The Morgan fingerprint density at radius 1 is 0.900 bits per heavy atom. The van der Waals surface area contributed by atoms with Gasteiger partial charge in [0.05, 0.1) is 59.3 Å². The first-order chi connectivity index (χ1) is 29.0. The number of hydrogen-bond donors (Lipinski definition) is 2. The predicted molar refractivity (Wildman–Crippen MR) is 236 cm³/mol. The molecule has 0 unspecified atom stereocenters. The van der Waals surface area contributed by atoms with Crippen molar-refractivity contribution in [3.8, 4) is 5.75 Å². The first-order valence-electron chi connectivity index (χ1n) is 21.6. The standard InChI is InChI=1S/C48H57N5O6Si/c1-33-44(60(3,4)39-22-20-38(58-2)21-23-39)42(29-43(55)50-28-10-13-37(50)31-54)59-48(33)40-14-8-9-15-41(40)51(46(48)57)30-34-16-18-35(19-17-34)52-32-53(36-11-6-5-7-12-36)47(45(52)56)24-26-49-27-25-47/h5-9,11-12,14-23,33,37,42,44,49,54H,10,13,24-32H2,1-4H3/t33-,37+,42+,44-,48+/m1/s1. The van der Waals surface area contributed by atoms with Crippen LogP contribution >= 0.6 is 0 Å². The van der Waals surface area contributed by atoms with Gasteiger partial charge in [0.25, 0.3) is 11.8 Å². The summed E-state index contributed by atoms with van der Waals surface area (Å²) in [6.07, 6.45) is 2.76. The maximum absolute atomic E-state index is 15.3. The van der Waals surface area contributed by atoms with Crippen LogP contribution in [0.2, 0.25) is 18.6 Å². The fraction of sp³-hybridized carbons (Fsp3) is 0.438. The number of fused-ring (bicyclic) bond motifs is 2. The summed E-state index contributed by atoms with van der Waals surface area (Å²) in [7, 11) is -0.796. The van der Waals surface area contributed by atoms with Gasteiger partial charge in [0.2, 0.25) is 5.91 Å². The van der Waals surface area contributed by atoms with Gasteiger partial charge in [-0.1, -0.05) is 85.9 Å². The molecule has 4 aromatic rings. The van der Waals surface area contributed by atoms with E-state index < -0.39 is 25.3 Å². The lowest BCUT2D eigenvalue weighted by Gasteiger charge is -2.39. The number of methoxy groups -OCH3 is 1. The van der Waals surface area contributed by atoms with Crippen LogP contribution in [0, 0.1) is 5.92 Å². The molecular weight excluding hydrogens is 771 g/mol. The molecule has 5 aliphatic rings. The molecule has 5 atom stereocenters. The highest BCUT2D eigenvalue weighted by Gasteiger charge is 2.66. The molecule has 5 aliphatic heterocycles. The quantitative estimate of drug-likeness (QED) is 0.194. The maximum Gasteiger partial charge on any atom is 0.264 e. The fourth-order valence-electron chi connectivity index (χ4n) is 11.4. The minimum Gasteiger partial charge on any atom is -0.497 e. The van der Waals surface area contributed by atoms with Crippen molar-refractivity contribution >= 4 is 48.0 Å². The van der Waals surface area contributed by atoms with Crippen molar-refractivity contribution in [2.24, 2.45) is 5.92 Å². The maximum atomic E-state index is 15.3. The second-order valence-corrected chi connectivity index (χ2v) is 22.6. The summed E-state index contributed by atoms with van der Waals surface area (Å²) in [5, 5.41) is 14.8. The van der Waals surface area contributed by atoms with Gasteiger partial charge in [-0.2, -0.15) is 0 Å². The summed E-state index contributed by atoms with van der Waals surface area (Å²) in [5.41, 5.74) is 2.51. The minimum atomic E-state index is -2.46. The monoisotopic (exact) mass is 827 g/mol. The van der Waals surface area contributed by atoms with Crippen LogP contribution in [0.15, 0.2) is 103 Å². The van der Waals surface area contributed by atoms with Gasteiger partial charge < -0.3 is 34.6 Å². The fourth-order valence-corrected chi connectivity index (χ4v) is 15.4. The van der Waals surface area contributed by atoms with E-state index in [-0.39, 0.29) is 48.3 Å². The Balaban J connectivity index is 1.02. The summed E-state index contributed by atoms with van der Waals surface area (Å²) in [6, 6.07) is 34.3. The smallest absolute Gasteiger partial charge is 0.264 e. The third kappa shape index (κ3) is 6.45. The van der Waals surface area contributed by atoms with Gasteiger partial charge in [0, 0.05) is 29.4 Å². The minimum absolute atomic E-state index is 0.0320. The van der Waals surface area contributed by atoms with Gasteiger partial charge in [-0.3, -0.25) is 19.3 Å². The molecule has 60 heavy (non-hydrogen) atoms. The highest BCUT2D eigenvalue weighted by molar-refractivity contribution is 6.91. The number of anilines is 3. The lowest BCUT2D eigenvalue weighted by Crippen LogP contribution is -2.55. The van der Waals surface area contributed by atoms with Gasteiger partial charge in [-0.05, 0) is 92.3 Å². The number of amides is 3. The van der Waals surface area contributed by atoms with Gasteiger partial charge in [0.1, 0.15) is 11.3 Å². The Labute approximate surface area is 354 Å². The molecule has 0 radical (unpaired) electrons. The molecule has 11 nitrogen and oxygen atoms in total. The predicted octanol–water partition coefficient (Wildman–Crippen LogP) is 5.76. The van der Waals surface area contributed by atoms with Gasteiger partial charge in [-0.15, -0.1) is 0 Å². The lowest BCUT2D eigenvalue weighted by molar-refractivity contribution is -0.150. The number of rotatable bonds is 10. The summed E-state index contributed by atoms with van der Waals surface area (Å²) in [4.78, 5) is 51.7. The van der Waals surface area contributed by atoms with Crippen molar-refractivity contribution in [3.05, 3.63) is 114 Å². The summed E-state index contributed by atoms with van der Waals surface area (Å²) in [5.74, 6) is 0.509. The number of likely N-dealkylation sites (tertiary alicyclic amines) is 1. The molecule has 9 rings (SSSR count). The number of carbonyl (C=O) groups is 3. The molecule has 0 aromatic heterocycles. The molecule has 3 amide bonds. The highest BCUT2D eigenvalue weighted by Crippen LogP contribution is 2.60. The number of nitrogens with zero attached hydrogens (tertiary/aromatic N) is 4. The highest BCUT2D eigenvalue weighted by atomic mass is 28.3. The van der Waals surface area contributed by atoms with E-state index in [0.29, 0.717) is 19.8 Å². The number of aliphatic hydroxyl groups is 1. The van der Waals surface area contributed by atoms with Gasteiger partial charge >= 0.3 is 0 Å². The summed E-state index contributed by atoms with van der Waals surface area (Å²) in [6.45, 7) is 9.72. The van der Waals surface area contributed by atoms with E-state index in [1.807, 2.05) is 93.6 Å².